The molecule has 1 amide bonds. The Hall–Kier alpha value is -3.52. The van der Waals surface area contributed by atoms with Crippen molar-refractivity contribution in [1.29, 1.82) is 0 Å². The minimum atomic E-state index is -0.815. The number of rotatable bonds is 5. The summed E-state index contributed by atoms with van der Waals surface area (Å²) in [5.41, 5.74) is 5.32. The molecule has 8 nitrogen and oxygen atoms in total. The summed E-state index contributed by atoms with van der Waals surface area (Å²) < 4.78 is 19.4. The van der Waals surface area contributed by atoms with Crippen LogP contribution in [-0.2, 0) is 13.0 Å². The van der Waals surface area contributed by atoms with Gasteiger partial charge < -0.3 is 28.7 Å². The number of carbonyl (C=O) groups is 1. The second-order valence-corrected chi connectivity index (χ2v) is 12.1. The molecular weight excluding hydrogens is 506 g/mol. The van der Waals surface area contributed by atoms with Crippen molar-refractivity contribution in [3.05, 3.63) is 68.3 Å². The molecule has 1 N–H and O–H groups in total. The van der Waals surface area contributed by atoms with Gasteiger partial charge in [0.15, 0.2) is 11.5 Å². The Morgan fingerprint density at radius 2 is 1.77 bits per heavy atom. The summed E-state index contributed by atoms with van der Waals surface area (Å²) in [6.45, 7) is 8.54. The van der Waals surface area contributed by atoms with Crippen molar-refractivity contribution < 1.29 is 18.7 Å². The van der Waals surface area contributed by atoms with E-state index in [4.69, 9.17) is 13.9 Å². The Kier molecular flexibility index (Phi) is 6.56. The van der Waals surface area contributed by atoms with Crippen molar-refractivity contribution in [2.45, 2.75) is 78.2 Å². The van der Waals surface area contributed by atoms with Crippen LogP contribution >= 0.6 is 0 Å². The number of fused-ring (bicyclic) bond motifs is 2. The molecule has 212 valence electrons. The molecule has 8 heteroatoms. The van der Waals surface area contributed by atoms with Crippen LogP contribution in [0.25, 0.3) is 11.3 Å². The summed E-state index contributed by atoms with van der Waals surface area (Å²) in [5, 5.41) is 0. The minimum absolute atomic E-state index is 0.0996. The van der Waals surface area contributed by atoms with Crippen molar-refractivity contribution in [2.24, 2.45) is 5.92 Å². The van der Waals surface area contributed by atoms with E-state index < -0.39 is 5.79 Å². The quantitative estimate of drug-likeness (QED) is 0.464. The highest BCUT2D eigenvalue weighted by molar-refractivity contribution is 6.02. The predicted octanol–water partition coefficient (Wildman–Crippen LogP) is 5.37. The van der Waals surface area contributed by atoms with E-state index in [1.54, 1.807) is 11.2 Å². The van der Waals surface area contributed by atoms with Crippen LogP contribution in [-0.4, -0.2) is 53.2 Å². The lowest BCUT2D eigenvalue weighted by Crippen LogP contribution is -2.46. The first-order chi connectivity index (χ1) is 19.1. The van der Waals surface area contributed by atoms with Crippen molar-refractivity contribution >= 4 is 5.91 Å². The van der Waals surface area contributed by atoms with Crippen molar-refractivity contribution in [2.75, 3.05) is 20.6 Å². The molecule has 1 aliphatic carbocycles. The van der Waals surface area contributed by atoms with E-state index in [2.05, 4.69) is 24.0 Å². The zero-order valence-electron chi connectivity index (χ0n) is 24.3. The third-order valence-electron chi connectivity index (χ3n) is 9.27. The number of hydrogen-bond donors (Lipinski definition) is 1. The number of amides is 1. The number of benzene rings is 1. The molecule has 1 saturated carbocycles. The van der Waals surface area contributed by atoms with E-state index in [1.807, 2.05) is 45.9 Å². The van der Waals surface area contributed by atoms with Gasteiger partial charge >= 0.3 is 0 Å². The van der Waals surface area contributed by atoms with Crippen LogP contribution in [0.15, 0.2) is 33.7 Å². The molecule has 1 fully saturated rings. The van der Waals surface area contributed by atoms with E-state index >= 15 is 0 Å². The second kappa shape index (κ2) is 9.84. The lowest BCUT2D eigenvalue weighted by Gasteiger charge is -2.39. The molecule has 0 saturated heterocycles. The van der Waals surface area contributed by atoms with Crippen LogP contribution in [0.5, 0.6) is 11.5 Å². The monoisotopic (exact) mass is 545 g/mol. The number of aryl methyl sites for hydroxylation is 2. The first-order valence-corrected chi connectivity index (χ1v) is 14.3. The largest absolute Gasteiger partial charge is 0.464 e. The molecule has 2 aliphatic heterocycles. The first-order valence-electron chi connectivity index (χ1n) is 14.3. The zero-order valence-corrected chi connectivity index (χ0v) is 24.3. The Labute approximate surface area is 235 Å². The number of nitrogens with one attached hydrogen (secondary N) is 1. The number of pyridine rings is 1. The van der Waals surface area contributed by atoms with Gasteiger partial charge in [0.2, 0.25) is 0 Å². The summed E-state index contributed by atoms with van der Waals surface area (Å²) in [7, 11) is 4.29. The molecule has 2 aromatic heterocycles. The predicted molar refractivity (Wildman–Crippen MR) is 153 cm³/mol. The number of aromatic nitrogens is 1. The van der Waals surface area contributed by atoms with Gasteiger partial charge in [0.1, 0.15) is 5.76 Å². The Morgan fingerprint density at radius 1 is 1.05 bits per heavy atom. The van der Waals surface area contributed by atoms with E-state index in [-0.39, 0.29) is 23.9 Å². The number of furan rings is 1. The average Bonchev–Trinajstić information content (AvgIpc) is 3.56. The Bertz CT molecular complexity index is 1510. The number of hydrogen-bond acceptors (Lipinski definition) is 6. The smallest absolute Gasteiger partial charge is 0.254 e. The van der Waals surface area contributed by atoms with Gasteiger partial charge in [-0.25, -0.2) is 0 Å². The normalized spacial score (nSPS) is 24.1. The van der Waals surface area contributed by atoms with Crippen molar-refractivity contribution in [3.8, 4) is 22.8 Å². The van der Waals surface area contributed by atoms with Crippen LogP contribution in [0.1, 0.15) is 70.9 Å². The van der Waals surface area contributed by atoms with E-state index in [1.165, 1.54) is 0 Å². The number of aromatic amines is 1. The molecule has 3 aromatic rings. The first kappa shape index (κ1) is 26.7. The average molecular weight is 546 g/mol. The number of H-pyrrole nitrogens is 1. The van der Waals surface area contributed by atoms with Crippen molar-refractivity contribution in [3.63, 3.8) is 0 Å². The van der Waals surface area contributed by atoms with E-state index in [0.29, 0.717) is 47.4 Å². The standard InChI is InChI=1S/C32H39N3O5/c1-18-16-19(2)33-30(36)24(18)17-35-14-13-23-26(31(35)37)20(3)28-29(27(23)25-8-7-15-38-25)40-32(4,39-28)21-9-11-22(12-10-21)34(5)6/h7-8,15-16,21-22H,9-14,17H2,1-6H3,(H,33,36)/t21-,22-,32-/m1/s1. The van der Waals surface area contributed by atoms with E-state index in [9.17, 15) is 9.59 Å². The molecule has 1 atom stereocenters. The second-order valence-electron chi connectivity index (χ2n) is 12.1. The number of carbonyl (C=O) groups excluding carboxylic acids is 1. The molecule has 0 bridgehead atoms. The molecule has 3 aliphatic rings. The maximum atomic E-state index is 14.1. The molecule has 6 rings (SSSR count). The lowest BCUT2D eigenvalue weighted by molar-refractivity contribution is -0.123. The van der Waals surface area contributed by atoms with Gasteiger partial charge in [0.25, 0.3) is 17.3 Å². The Balaban J connectivity index is 1.38. The Morgan fingerprint density at radius 3 is 2.42 bits per heavy atom. The molecule has 0 unspecified atom stereocenters. The third-order valence-corrected chi connectivity index (χ3v) is 9.27. The SMILES string of the molecule is Cc1cc(C)c(CN2CCc3c(c(C)c4c(c3-c3ccco3)O[C@](C)([C@H]3CC[C@H](N(C)C)CC3)O4)C2=O)c(=O)[nH]1. The van der Waals surface area contributed by atoms with Gasteiger partial charge in [-0.3, -0.25) is 9.59 Å². The summed E-state index contributed by atoms with van der Waals surface area (Å²) in [4.78, 5) is 33.8. The maximum absolute atomic E-state index is 14.1. The zero-order chi connectivity index (χ0) is 28.3. The summed E-state index contributed by atoms with van der Waals surface area (Å²) >= 11 is 0. The van der Waals surface area contributed by atoms with Gasteiger partial charge in [-0.2, -0.15) is 0 Å². The third kappa shape index (κ3) is 4.33. The van der Waals surface area contributed by atoms with Crippen molar-refractivity contribution in [1.82, 2.24) is 14.8 Å². The van der Waals surface area contributed by atoms with Gasteiger partial charge in [-0.15, -0.1) is 0 Å². The number of ether oxygens (including phenoxy) is 2. The molecular formula is C32H39N3O5. The highest BCUT2D eigenvalue weighted by Gasteiger charge is 2.49. The van der Waals surface area contributed by atoms with Gasteiger partial charge in [0.05, 0.1) is 23.9 Å². The fraction of sp³-hybridized carbons (Fsp3) is 0.500. The number of nitrogens with zero attached hydrogens (tertiary/aromatic N) is 2. The summed E-state index contributed by atoms with van der Waals surface area (Å²) in [6, 6.07) is 6.29. The molecule has 0 spiro atoms. The fourth-order valence-corrected chi connectivity index (χ4v) is 6.96. The highest BCUT2D eigenvalue weighted by Crippen LogP contribution is 2.55. The van der Waals surface area contributed by atoms with Crippen LogP contribution in [0.2, 0.25) is 0 Å². The molecule has 1 aromatic carbocycles. The van der Waals surface area contributed by atoms with Crippen LogP contribution < -0.4 is 15.0 Å². The summed E-state index contributed by atoms with van der Waals surface area (Å²) in [5.74, 6) is 1.30. The highest BCUT2D eigenvalue weighted by atomic mass is 16.7. The van der Waals surface area contributed by atoms with Gasteiger partial charge in [-0.05, 0) is 96.3 Å². The minimum Gasteiger partial charge on any atom is -0.464 e. The molecule has 4 heterocycles. The molecule has 40 heavy (non-hydrogen) atoms. The van der Waals surface area contributed by atoms with E-state index in [0.717, 1.165) is 53.6 Å². The summed E-state index contributed by atoms with van der Waals surface area (Å²) in [6.07, 6.45) is 6.50. The van der Waals surface area contributed by atoms with Gasteiger partial charge in [0, 0.05) is 42.2 Å². The van der Waals surface area contributed by atoms with Crippen LogP contribution in [0.4, 0.5) is 0 Å². The van der Waals surface area contributed by atoms with Crippen LogP contribution in [0.3, 0.4) is 0 Å². The maximum Gasteiger partial charge on any atom is 0.254 e. The molecule has 0 radical (unpaired) electrons. The van der Waals surface area contributed by atoms with Crippen LogP contribution in [0, 0.1) is 26.7 Å². The fourth-order valence-electron chi connectivity index (χ4n) is 6.96. The lowest BCUT2D eigenvalue weighted by atomic mass is 9.81. The topological polar surface area (TPSA) is 88.0 Å². The van der Waals surface area contributed by atoms with Gasteiger partial charge in [-0.1, -0.05) is 0 Å².